The Labute approximate surface area is 92.2 Å². The third kappa shape index (κ3) is 3.36. The first-order chi connectivity index (χ1) is 7.15. The largest absolute Gasteiger partial charge is 0.304 e. The molecule has 0 aliphatic carbocycles. The fourth-order valence-electron chi connectivity index (χ4n) is 1.07. The van der Waals surface area contributed by atoms with Gasteiger partial charge in [0.05, 0.1) is 4.92 Å². The van der Waals surface area contributed by atoms with Crippen LogP contribution in [0, 0.1) is 15.9 Å². The number of hydrogen-bond donors (Lipinski definition) is 1. The molecule has 0 heterocycles. The molecule has 0 atom stereocenters. The Hall–Kier alpha value is -1.36. The molecule has 0 amide bonds. The van der Waals surface area contributed by atoms with Crippen molar-refractivity contribution in [2.75, 3.05) is 5.75 Å². The first-order valence-corrected chi connectivity index (χ1v) is 4.99. The Balaban J connectivity index is 2.87. The van der Waals surface area contributed by atoms with Crippen LogP contribution in [0.25, 0.3) is 6.08 Å². The molecule has 5 heteroatoms. The molecule has 0 aromatic heterocycles. The molecular weight excluding hydrogens is 217 g/mol. The second-order valence-electron chi connectivity index (χ2n) is 2.88. The fourth-order valence-corrected chi connectivity index (χ4v) is 1.22. The summed E-state index contributed by atoms with van der Waals surface area (Å²) in [5.41, 5.74) is 0.112. The van der Waals surface area contributed by atoms with Gasteiger partial charge in [0.25, 0.3) is 0 Å². The maximum atomic E-state index is 13.1. The van der Waals surface area contributed by atoms with Gasteiger partial charge < -0.3 is 0 Å². The number of nitro groups is 1. The average Bonchev–Trinajstić information content (AvgIpc) is 2.17. The summed E-state index contributed by atoms with van der Waals surface area (Å²) < 4.78 is 13.1. The van der Waals surface area contributed by atoms with Gasteiger partial charge in [-0.15, -0.1) is 0 Å². The van der Waals surface area contributed by atoms with Crippen LogP contribution >= 0.6 is 12.6 Å². The number of allylic oxidation sites excluding steroid dienone is 1. The van der Waals surface area contributed by atoms with E-state index in [1.807, 2.05) is 6.08 Å². The second-order valence-corrected chi connectivity index (χ2v) is 3.33. The highest BCUT2D eigenvalue weighted by molar-refractivity contribution is 7.80. The Morgan fingerprint density at radius 3 is 2.80 bits per heavy atom. The van der Waals surface area contributed by atoms with Crippen LogP contribution in [0.2, 0.25) is 0 Å². The number of benzene rings is 1. The molecule has 15 heavy (non-hydrogen) atoms. The fraction of sp³-hybridized carbons (Fsp3) is 0.200. The van der Waals surface area contributed by atoms with Crippen molar-refractivity contribution in [1.29, 1.82) is 0 Å². The Bertz CT molecular complexity index is 393. The second kappa shape index (κ2) is 5.50. The summed E-state index contributed by atoms with van der Waals surface area (Å²) in [5, 5.41) is 10.3. The highest BCUT2D eigenvalue weighted by atomic mass is 32.1. The van der Waals surface area contributed by atoms with E-state index < -0.39 is 16.4 Å². The van der Waals surface area contributed by atoms with Crippen LogP contribution in [0.4, 0.5) is 10.1 Å². The molecule has 0 bridgehead atoms. The minimum Gasteiger partial charge on any atom is -0.258 e. The molecule has 1 rings (SSSR count). The van der Waals surface area contributed by atoms with E-state index in [4.69, 9.17) is 0 Å². The number of halogens is 1. The topological polar surface area (TPSA) is 43.1 Å². The molecule has 1 aromatic rings. The maximum Gasteiger partial charge on any atom is 0.304 e. The van der Waals surface area contributed by atoms with Gasteiger partial charge in [0.15, 0.2) is 0 Å². The van der Waals surface area contributed by atoms with Gasteiger partial charge >= 0.3 is 5.69 Å². The first-order valence-electron chi connectivity index (χ1n) is 4.36. The molecule has 0 N–H and O–H groups in total. The Kier molecular flexibility index (Phi) is 4.30. The smallest absolute Gasteiger partial charge is 0.258 e. The van der Waals surface area contributed by atoms with Gasteiger partial charge in [-0.1, -0.05) is 12.2 Å². The van der Waals surface area contributed by atoms with Crippen LogP contribution in [0.1, 0.15) is 12.0 Å². The van der Waals surface area contributed by atoms with E-state index in [9.17, 15) is 14.5 Å². The van der Waals surface area contributed by atoms with E-state index in [2.05, 4.69) is 12.6 Å². The number of nitrogens with zero attached hydrogens (tertiary/aromatic N) is 1. The van der Waals surface area contributed by atoms with Crippen LogP contribution in [0.3, 0.4) is 0 Å². The van der Waals surface area contributed by atoms with Crippen LogP contribution in [-0.2, 0) is 0 Å². The number of hydrogen-bond acceptors (Lipinski definition) is 3. The van der Waals surface area contributed by atoms with Gasteiger partial charge in [-0.25, -0.2) is 0 Å². The van der Waals surface area contributed by atoms with E-state index in [-0.39, 0.29) is 0 Å². The molecule has 80 valence electrons. The quantitative estimate of drug-likeness (QED) is 0.488. The zero-order chi connectivity index (χ0) is 11.3. The monoisotopic (exact) mass is 227 g/mol. The molecular formula is C10H10FNO2S. The van der Waals surface area contributed by atoms with Crippen molar-refractivity contribution >= 4 is 24.4 Å². The van der Waals surface area contributed by atoms with Crippen molar-refractivity contribution in [2.45, 2.75) is 6.42 Å². The van der Waals surface area contributed by atoms with E-state index in [1.54, 1.807) is 6.08 Å². The lowest BCUT2D eigenvalue weighted by atomic mass is 10.2. The van der Waals surface area contributed by atoms with Gasteiger partial charge in [0.1, 0.15) is 0 Å². The van der Waals surface area contributed by atoms with E-state index in [0.29, 0.717) is 11.3 Å². The highest BCUT2D eigenvalue weighted by Gasteiger charge is 2.12. The molecule has 0 saturated carbocycles. The van der Waals surface area contributed by atoms with Crippen LogP contribution in [-0.4, -0.2) is 10.7 Å². The molecule has 0 radical (unpaired) electrons. The summed E-state index contributed by atoms with van der Waals surface area (Å²) in [7, 11) is 0. The molecule has 3 nitrogen and oxygen atoms in total. The van der Waals surface area contributed by atoms with Crippen molar-refractivity contribution in [3.63, 3.8) is 0 Å². The van der Waals surface area contributed by atoms with Crippen molar-refractivity contribution in [3.8, 4) is 0 Å². The van der Waals surface area contributed by atoms with Crippen molar-refractivity contribution in [2.24, 2.45) is 0 Å². The summed E-state index contributed by atoms with van der Waals surface area (Å²) in [6.07, 6.45) is 4.33. The van der Waals surface area contributed by atoms with Crippen molar-refractivity contribution in [1.82, 2.24) is 0 Å². The minimum atomic E-state index is -0.812. The molecule has 0 aliphatic rings. The highest BCUT2D eigenvalue weighted by Crippen LogP contribution is 2.18. The SMILES string of the molecule is O=[N+]([O-])c1ccc(C=CCCS)cc1F. The molecule has 0 saturated heterocycles. The Morgan fingerprint density at radius 2 is 2.27 bits per heavy atom. The molecule has 0 unspecified atom stereocenters. The lowest BCUT2D eigenvalue weighted by molar-refractivity contribution is -0.387. The van der Waals surface area contributed by atoms with Gasteiger partial charge in [0, 0.05) is 6.07 Å². The third-order valence-electron chi connectivity index (χ3n) is 1.77. The van der Waals surface area contributed by atoms with Crippen molar-refractivity contribution < 1.29 is 9.31 Å². The van der Waals surface area contributed by atoms with Gasteiger partial charge in [0.2, 0.25) is 5.82 Å². The van der Waals surface area contributed by atoms with Crippen molar-refractivity contribution in [3.05, 3.63) is 45.8 Å². The minimum absolute atomic E-state index is 0.499. The van der Waals surface area contributed by atoms with E-state index in [0.717, 1.165) is 18.6 Å². The third-order valence-corrected chi connectivity index (χ3v) is 2.03. The summed E-state index contributed by atoms with van der Waals surface area (Å²) in [6, 6.07) is 3.82. The predicted molar refractivity (Wildman–Crippen MR) is 60.6 cm³/mol. The van der Waals surface area contributed by atoms with Crippen LogP contribution in [0.15, 0.2) is 24.3 Å². The summed E-state index contributed by atoms with van der Waals surface area (Å²) in [5.74, 6) is -0.0978. The lowest BCUT2D eigenvalue weighted by Crippen LogP contribution is -1.92. The molecule has 1 aromatic carbocycles. The predicted octanol–water partition coefficient (Wildman–Crippen LogP) is 3.07. The van der Waals surface area contributed by atoms with Crippen LogP contribution < -0.4 is 0 Å². The Morgan fingerprint density at radius 1 is 1.53 bits per heavy atom. The van der Waals surface area contributed by atoms with E-state index >= 15 is 0 Å². The number of rotatable bonds is 4. The zero-order valence-corrected chi connectivity index (χ0v) is 8.78. The molecule has 0 fully saturated rings. The van der Waals surface area contributed by atoms with Gasteiger partial charge in [-0.3, -0.25) is 10.1 Å². The summed E-state index contributed by atoms with van der Waals surface area (Å²) >= 11 is 4.02. The van der Waals surface area contributed by atoms with E-state index in [1.165, 1.54) is 6.07 Å². The average molecular weight is 227 g/mol. The normalized spacial score (nSPS) is 10.8. The number of thiol groups is 1. The molecule has 0 aliphatic heterocycles. The standard InChI is InChI=1S/C10H10FNO2S/c11-9-7-8(3-1-2-6-15)4-5-10(9)12(13)14/h1,3-5,7,15H,2,6H2. The zero-order valence-electron chi connectivity index (χ0n) is 7.89. The summed E-state index contributed by atoms with van der Waals surface area (Å²) in [4.78, 5) is 9.59. The first kappa shape index (κ1) is 11.7. The van der Waals surface area contributed by atoms with Crippen LogP contribution in [0.5, 0.6) is 0 Å². The number of nitro benzene ring substituents is 1. The lowest BCUT2D eigenvalue weighted by Gasteiger charge is -1.95. The maximum absolute atomic E-state index is 13.1. The van der Waals surface area contributed by atoms with Gasteiger partial charge in [-0.2, -0.15) is 17.0 Å². The van der Waals surface area contributed by atoms with Gasteiger partial charge in [-0.05, 0) is 29.9 Å². The molecule has 0 spiro atoms. The summed E-state index contributed by atoms with van der Waals surface area (Å²) in [6.45, 7) is 0.